The largest absolute Gasteiger partial charge is 0.399 e. The first-order valence-electron chi connectivity index (χ1n) is 5.02. The van der Waals surface area contributed by atoms with Crippen LogP contribution in [0.15, 0.2) is 33.6 Å². The van der Waals surface area contributed by atoms with Gasteiger partial charge in [-0.05, 0) is 50.1 Å². The highest BCUT2D eigenvalue weighted by Gasteiger charge is 2.14. The third-order valence-electron chi connectivity index (χ3n) is 2.17. The Bertz CT molecular complexity index is 651. The van der Waals surface area contributed by atoms with Gasteiger partial charge in [0.15, 0.2) is 5.82 Å². The van der Waals surface area contributed by atoms with E-state index in [1.54, 1.807) is 0 Å². The number of halogens is 3. The van der Waals surface area contributed by atoms with E-state index in [2.05, 4.69) is 47.1 Å². The maximum atomic E-state index is 13.5. The molecule has 1 amide bonds. The Balaban J connectivity index is 2.28. The van der Waals surface area contributed by atoms with Gasteiger partial charge in [-0.25, -0.2) is 14.4 Å². The van der Waals surface area contributed by atoms with Crippen LogP contribution >= 0.6 is 31.9 Å². The SMILES string of the molecule is Nc1ccc(F)c(C(=O)Nc2ncc(Br)nc2Br)c1. The number of rotatable bonds is 2. The molecule has 0 unspecified atom stereocenters. The fourth-order valence-electron chi connectivity index (χ4n) is 1.32. The van der Waals surface area contributed by atoms with Gasteiger partial charge < -0.3 is 11.1 Å². The molecule has 2 rings (SSSR count). The summed E-state index contributed by atoms with van der Waals surface area (Å²) in [5, 5.41) is 2.45. The zero-order valence-corrected chi connectivity index (χ0v) is 12.5. The van der Waals surface area contributed by atoms with Crippen LogP contribution in [-0.4, -0.2) is 15.9 Å². The van der Waals surface area contributed by atoms with E-state index in [0.717, 1.165) is 6.07 Å². The predicted molar refractivity (Wildman–Crippen MR) is 76.2 cm³/mol. The van der Waals surface area contributed by atoms with Crippen LogP contribution in [0.4, 0.5) is 15.9 Å². The number of hydrogen-bond donors (Lipinski definition) is 2. The van der Waals surface area contributed by atoms with Crippen molar-refractivity contribution in [2.24, 2.45) is 0 Å². The van der Waals surface area contributed by atoms with Crippen LogP contribution in [0.1, 0.15) is 10.4 Å². The number of hydrogen-bond acceptors (Lipinski definition) is 4. The molecule has 0 radical (unpaired) electrons. The minimum Gasteiger partial charge on any atom is -0.399 e. The summed E-state index contributed by atoms with van der Waals surface area (Å²) < 4.78 is 14.4. The molecular weight excluding hydrogens is 383 g/mol. The minimum absolute atomic E-state index is 0.156. The first kappa shape index (κ1) is 13.9. The second-order valence-electron chi connectivity index (χ2n) is 3.53. The van der Waals surface area contributed by atoms with Gasteiger partial charge >= 0.3 is 0 Å². The highest BCUT2D eigenvalue weighted by molar-refractivity contribution is 9.11. The molecule has 0 aliphatic rings. The van der Waals surface area contributed by atoms with Gasteiger partial charge in [0, 0.05) is 5.69 Å². The molecule has 0 saturated heterocycles. The van der Waals surface area contributed by atoms with Gasteiger partial charge in [-0.2, -0.15) is 0 Å². The average molecular weight is 390 g/mol. The molecule has 0 aliphatic heterocycles. The number of carbonyl (C=O) groups excluding carboxylic acids is 1. The summed E-state index contributed by atoms with van der Waals surface area (Å²) in [6.45, 7) is 0. The number of amides is 1. The van der Waals surface area contributed by atoms with Crippen LogP contribution in [-0.2, 0) is 0 Å². The van der Waals surface area contributed by atoms with Crippen LogP contribution in [0.3, 0.4) is 0 Å². The molecule has 8 heteroatoms. The summed E-state index contributed by atoms with van der Waals surface area (Å²) in [6, 6.07) is 3.76. The Morgan fingerprint density at radius 1 is 1.37 bits per heavy atom. The number of aromatic nitrogens is 2. The number of nitrogen functional groups attached to an aromatic ring is 1. The van der Waals surface area contributed by atoms with Crippen molar-refractivity contribution < 1.29 is 9.18 Å². The monoisotopic (exact) mass is 388 g/mol. The van der Waals surface area contributed by atoms with Crippen molar-refractivity contribution in [3.8, 4) is 0 Å². The molecule has 1 heterocycles. The average Bonchev–Trinajstić information content (AvgIpc) is 2.35. The van der Waals surface area contributed by atoms with Crippen molar-refractivity contribution in [3.05, 3.63) is 45.0 Å². The van der Waals surface area contributed by atoms with Gasteiger partial charge in [0.2, 0.25) is 0 Å². The molecule has 0 spiro atoms. The van der Waals surface area contributed by atoms with Gasteiger partial charge in [-0.1, -0.05) is 0 Å². The smallest absolute Gasteiger partial charge is 0.259 e. The second kappa shape index (κ2) is 5.62. The van der Waals surface area contributed by atoms with Gasteiger partial charge in [0.1, 0.15) is 15.0 Å². The van der Waals surface area contributed by atoms with Crippen molar-refractivity contribution in [2.45, 2.75) is 0 Å². The molecule has 1 aromatic heterocycles. The van der Waals surface area contributed by atoms with Gasteiger partial charge in [0.25, 0.3) is 5.91 Å². The lowest BCUT2D eigenvalue weighted by atomic mass is 10.2. The van der Waals surface area contributed by atoms with E-state index in [1.807, 2.05) is 0 Å². The topological polar surface area (TPSA) is 80.9 Å². The van der Waals surface area contributed by atoms with E-state index in [1.165, 1.54) is 18.3 Å². The Labute approximate surface area is 124 Å². The van der Waals surface area contributed by atoms with Crippen LogP contribution in [0.25, 0.3) is 0 Å². The predicted octanol–water partition coefficient (Wildman–Crippen LogP) is 2.98. The fourth-order valence-corrected chi connectivity index (χ4v) is 2.23. The number of nitrogens with zero attached hydrogens (tertiary/aromatic N) is 2. The van der Waals surface area contributed by atoms with E-state index in [9.17, 15) is 9.18 Å². The zero-order valence-electron chi connectivity index (χ0n) is 9.32. The van der Waals surface area contributed by atoms with E-state index >= 15 is 0 Å². The molecule has 2 aromatic rings. The summed E-state index contributed by atoms with van der Waals surface area (Å²) in [6.07, 6.45) is 1.41. The molecule has 0 atom stereocenters. The van der Waals surface area contributed by atoms with Crippen LogP contribution in [0, 0.1) is 5.82 Å². The molecule has 0 saturated carbocycles. The van der Waals surface area contributed by atoms with E-state index < -0.39 is 11.7 Å². The number of anilines is 2. The lowest BCUT2D eigenvalue weighted by molar-refractivity contribution is 0.102. The number of nitrogens with two attached hydrogens (primary N) is 1. The quantitative estimate of drug-likeness (QED) is 0.773. The third-order valence-corrected chi connectivity index (χ3v) is 3.10. The van der Waals surface area contributed by atoms with E-state index in [0.29, 0.717) is 14.9 Å². The summed E-state index contributed by atoms with van der Waals surface area (Å²) in [5.41, 5.74) is 5.66. The third kappa shape index (κ3) is 3.27. The molecular formula is C11H7Br2FN4O. The number of nitrogens with one attached hydrogen (secondary N) is 1. The molecule has 98 valence electrons. The first-order valence-corrected chi connectivity index (χ1v) is 6.60. The maximum Gasteiger partial charge on any atom is 0.259 e. The summed E-state index contributed by atoms with van der Waals surface area (Å²) in [7, 11) is 0. The van der Waals surface area contributed by atoms with Crippen molar-refractivity contribution >= 4 is 49.3 Å². The Morgan fingerprint density at radius 2 is 2.11 bits per heavy atom. The van der Waals surface area contributed by atoms with Crippen molar-refractivity contribution in [1.29, 1.82) is 0 Å². The molecule has 1 aromatic carbocycles. The van der Waals surface area contributed by atoms with Crippen LogP contribution in [0.2, 0.25) is 0 Å². The molecule has 3 N–H and O–H groups in total. The zero-order chi connectivity index (χ0) is 14.0. The maximum absolute atomic E-state index is 13.5. The van der Waals surface area contributed by atoms with Crippen molar-refractivity contribution in [2.75, 3.05) is 11.1 Å². The van der Waals surface area contributed by atoms with Crippen molar-refractivity contribution in [1.82, 2.24) is 9.97 Å². The second-order valence-corrected chi connectivity index (χ2v) is 5.09. The van der Waals surface area contributed by atoms with Gasteiger partial charge in [0.05, 0.1) is 11.8 Å². The molecule has 0 aliphatic carbocycles. The van der Waals surface area contributed by atoms with Crippen molar-refractivity contribution in [3.63, 3.8) is 0 Å². The summed E-state index contributed by atoms with van der Waals surface area (Å²) in [4.78, 5) is 19.9. The highest BCUT2D eigenvalue weighted by Crippen LogP contribution is 2.21. The Morgan fingerprint density at radius 3 is 2.79 bits per heavy atom. The van der Waals surface area contributed by atoms with E-state index in [4.69, 9.17) is 5.73 Å². The lowest BCUT2D eigenvalue weighted by Gasteiger charge is -2.07. The lowest BCUT2D eigenvalue weighted by Crippen LogP contribution is -2.15. The summed E-state index contributed by atoms with van der Waals surface area (Å²) >= 11 is 6.28. The molecule has 0 fully saturated rings. The number of carbonyl (C=O) groups is 1. The number of benzene rings is 1. The highest BCUT2D eigenvalue weighted by atomic mass is 79.9. The normalized spacial score (nSPS) is 10.3. The fraction of sp³-hybridized carbons (Fsp3) is 0. The standard InChI is InChI=1S/C11H7Br2FN4O/c12-8-4-16-10(9(13)17-8)18-11(19)6-3-5(15)1-2-7(6)14/h1-4H,15H2,(H,16,18,19). The molecule has 5 nitrogen and oxygen atoms in total. The first-order chi connectivity index (χ1) is 8.97. The Kier molecular flexibility index (Phi) is 4.11. The Hall–Kier alpha value is -1.54. The van der Waals surface area contributed by atoms with Gasteiger partial charge in [-0.3, -0.25) is 4.79 Å². The minimum atomic E-state index is -0.659. The molecule has 19 heavy (non-hydrogen) atoms. The molecule has 0 bridgehead atoms. The van der Waals surface area contributed by atoms with Crippen LogP contribution < -0.4 is 11.1 Å². The summed E-state index contributed by atoms with van der Waals surface area (Å²) in [5.74, 6) is -1.12. The van der Waals surface area contributed by atoms with Crippen LogP contribution in [0.5, 0.6) is 0 Å². The van der Waals surface area contributed by atoms with Gasteiger partial charge in [-0.15, -0.1) is 0 Å². The van der Waals surface area contributed by atoms with E-state index in [-0.39, 0.29) is 11.4 Å².